The highest BCUT2D eigenvalue weighted by Crippen LogP contribution is 2.42. The highest BCUT2D eigenvalue weighted by atomic mass is 32.2. The second-order valence-corrected chi connectivity index (χ2v) is 5.00. The van der Waals surface area contributed by atoms with Crippen molar-refractivity contribution < 1.29 is 4.92 Å². The predicted molar refractivity (Wildman–Crippen MR) is 72.4 cm³/mol. The summed E-state index contributed by atoms with van der Waals surface area (Å²) in [6.45, 7) is 0. The largest absolute Gasteiger partial charge is 0.349 e. The number of fused-ring (bicyclic) bond motifs is 2. The van der Waals surface area contributed by atoms with Crippen molar-refractivity contribution in [3.05, 3.63) is 58.1 Å². The van der Waals surface area contributed by atoms with Crippen LogP contribution in [-0.4, -0.2) is 4.92 Å². The monoisotopic (exact) mass is 258 g/mol. The maximum atomic E-state index is 11.1. The van der Waals surface area contributed by atoms with Gasteiger partial charge in [0.15, 0.2) is 0 Å². The number of hydrogen-bond acceptors (Lipinski definition) is 4. The van der Waals surface area contributed by atoms with Gasteiger partial charge < -0.3 is 5.32 Å². The van der Waals surface area contributed by atoms with E-state index >= 15 is 0 Å². The van der Waals surface area contributed by atoms with E-state index in [-0.39, 0.29) is 10.6 Å². The van der Waals surface area contributed by atoms with E-state index in [9.17, 15) is 10.1 Å². The molecule has 1 heterocycles. The molecular formula is C13H10N2O2S. The van der Waals surface area contributed by atoms with Gasteiger partial charge in [0, 0.05) is 22.4 Å². The lowest BCUT2D eigenvalue weighted by molar-refractivity contribution is -0.384. The third-order valence-corrected chi connectivity index (χ3v) is 3.97. The van der Waals surface area contributed by atoms with Crippen molar-refractivity contribution in [2.24, 2.45) is 0 Å². The Morgan fingerprint density at radius 2 is 2.00 bits per heavy atom. The van der Waals surface area contributed by atoms with Crippen molar-refractivity contribution in [2.45, 2.75) is 10.6 Å². The normalized spacial score (nSPS) is 12.9. The average molecular weight is 258 g/mol. The molecule has 4 nitrogen and oxygen atoms in total. The first-order chi connectivity index (χ1) is 8.75. The SMILES string of the molecule is O=[N+]([O-])c1cccc2c1Nc1ccccc1CS2. The summed E-state index contributed by atoms with van der Waals surface area (Å²) < 4.78 is 0. The van der Waals surface area contributed by atoms with Gasteiger partial charge in [-0.15, -0.1) is 11.8 Å². The van der Waals surface area contributed by atoms with Crippen LogP contribution in [-0.2, 0) is 5.75 Å². The van der Waals surface area contributed by atoms with Crippen LogP contribution in [0.5, 0.6) is 0 Å². The molecule has 0 spiro atoms. The van der Waals surface area contributed by atoms with Crippen molar-refractivity contribution >= 4 is 28.8 Å². The number of rotatable bonds is 1. The Labute approximate surface area is 108 Å². The molecule has 0 fully saturated rings. The van der Waals surface area contributed by atoms with Crippen LogP contribution in [0.25, 0.3) is 0 Å². The molecule has 0 radical (unpaired) electrons. The quantitative estimate of drug-likeness (QED) is 0.621. The molecule has 0 bridgehead atoms. The van der Waals surface area contributed by atoms with E-state index in [2.05, 4.69) is 5.32 Å². The Bertz CT molecular complexity index is 628. The van der Waals surface area contributed by atoms with Crippen LogP contribution in [0.4, 0.5) is 17.1 Å². The van der Waals surface area contributed by atoms with E-state index in [1.807, 2.05) is 30.3 Å². The number of benzene rings is 2. The number of nitro groups is 1. The van der Waals surface area contributed by atoms with E-state index < -0.39 is 0 Å². The minimum absolute atomic E-state index is 0.122. The number of nitrogens with zero attached hydrogens (tertiary/aromatic N) is 1. The van der Waals surface area contributed by atoms with Gasteiger partial charge in [0.05, 0.1) is 4.92 Å². The van der Waals surface area contributed by atoms with E-state index in [0.29, 0.717) is 5.69 Å². The van der Waals surface area contributed by atoms with Crippen molar-refractivity contribution in [2.75, 3.05) is 5.32 Å². The molecule has 0 aliphatic carbocycles. The summed E-state index contributed by atoms with van der Waals surface area (Å²) in [4.78, 5) is 11.6. The molecule has 0 amide bonds. The van der Waals surface area contributed by atoms with Gasteiger partial charge in [-0.2, -0.15) is 0 Å². The summed E-state index contributed by atoms with van der Waals surface area (Å²) in [7, 11) is 0. The Kier molecular flexibility index (Phi) is 2.68. The Hall–Kier alpha value is -2.01. The van der Waals surface area contributed by atoms with Crippen LogP contribution in [0.15, 0.2) is 47.4 Å². The summed E-state index contributed by atoms with van der Waals surface area (Å²) in [6.07, 6.45) is 0. The molecule has 0 unspecified atom stereocenters. The lowest BCUT2D eigenvalue weighted by Gasteiger charge is -2.08. The number of nitrogens with one attached hydrogen (secondary N) is 1. The summed E-state index contributed by atoms with van der Waals surface area (Å²) in [5, 5.41) is 14.2. The highest BCUT2D eigenvalue weighted by molar-refractivity contribution is 7.98. The second kappa shape index (κ2) is 4.34. The van der Waals surface area contributed by atoms with Crippen LogP contribution < -0.4 is 5.32 Å². The van der Waals surface area contributed by atoms with Crippen LogP contribution in [0, 0.1) is 10.1 Å². The topological polar surface area (TPSA) is 55.2 Å². The molecule has 1 N–H and O–H groups in total. The van der Waals surface area contributed by atoms with Gasteiger partial charge in [0.25, 0.3) is 5.69 Å². The third kappa shape index (κ3) is 1.82. The molecule has 0 aromatic heterocycles. The molecule has 0 saturated heterocycles. The number of hydrogen-bond donors (Lipinski definition) is 1. The lowest BCUT2D eigenvalue weighted by atomic mass is 10.2. The first-order valence-corrected chi connectivity index (χ1v) is 6.49. The summed E-state index contributed by atoms with van der Waals surface area (Å²) in [5.74, 6) is 0.817. The van der Waals surface area contributed by atoms with Gasteiger partial charge in [-0.05, 0) is 17.7 Å². The Morgan fingerprint density at radius 3 is 2.83 bits per heavy atom. The number of anilines is 2. The van der Waals surface area contributed by atoms with Crippen LogP contribution in [0.1, 0.15) is 5.56 Å². The zero-order valence-electron chi connectivity index (χ0n) is 9.42. The van der Waals surface area contributed by atoms with Crippen molar-refractivity contribution in [1.82, 2.24) is 0 Å². The molecular weight excluding hydrogens is 248 g/mol. The molecule has 0 saturated carbocycles. The molecule has 18 heavy (non-hydrogen) atoms. The fourth-order valence-electron chi connectivity index (χ4n) is 1.98. The maximum Gasteiger partial charge on any atom is 0.293 e. The zero-order chi connectivity index (χ0) is 12.5. The molecule has 3 rings (SSSR count). The summed E-state index contributed by atoms with van der Waals surface area (Å²) in [6, 6.07) is 13.0. The van der Waals surface area contributed by atoms with Gasteiger partial charge in [0.1, 0.15) is 5.69 Å². The average Bonchev–Trinajstić information content (AvgIpc) is 2.57. The maximum absolute atomic E-state index is 11.1. The van der Waals surface area contributed by atoms with Gasteiger partial charge in [-0.25, -0.2) is 0 Å². The van der Waals surface area contributed by atoms with Crippen LogP contribution >= 0.6 is 11.8 Å². The van der Waals surface area contributed by atoms with Gasteiger partial charge >= 0.3 is 0 Å². The standard InChI is InChI=1S/C13H10N2O2S/c16-15(17)11-6-3-7-12-13(11)14-10-5-2-1-4-9(10)8-18-12/h1-7,14H,8H2. The Balaban J connectivity index is 2.15. The van der Waals surface area contributed by atoms with Gasteiger partial charge in [-0.1, -0.05) is 24.3 Å². The van der Waals surface area contributed by atoms with Crippen molar-refractivity contribution in [3.8, 4) is 0 Å². The molecule has 0 atom stereocenters. The van der Waals surface area contributed by atoms with E-state index in [1.165, 1.54) is 6.07 Å². The molecule has 1 aliphatic heterocycles. The van der Waals surface area contributed by atoms with Gasteiger partial charge in [0.2, 0.25) is 0 Å². The van der Waals surface area contributed by atoms with E-state index in [0.717, 1.165) is 21.9 Å². The summed E-state index contributed by atoms with van der Waals surface area (Å²) >= 11 is 1.62. The van der Waals surface area contributed by atoms with E-state index in [1.54, 1.807) is 17.8 Å². The van der Waals surface area contributed by atoms with Gasteiger partial charge in [-0.3, -0.25) is 10.1 Å². The zero-order valence-corrected chi connectivity index (χ0v) is 10.2. The van der Waals surface area contributed by atoms with E-state index in [4.69, 9.17) is 0 Å². The molecule has 2 aromatic carbocycles. The highest BCUT2D eigenvalue weighted by Gasteiger charge is 2.21. The molecule has 2 aromatic rings. The Morgan fingerprint density at radius 1 is 1.17 bits per heavy atom. The van der Waals surface area contributed by atoms with Crippen molar-refractivity contribution in [1.29, 1.82) is 0 Å². The molecule has 90 valence electrons. The fraction of sp³-hybridized carbons (Fsp3) is 0.0769. The molecule has 1 aliphatic rings. The summed E-state index contributed by atoms with van der Waals surface area (Å²) in [5.41, 5.74) is 2.82. The third-order valence-electron chi connectivity index (χ3n) is 2.86. The minimum atomic E-state index is -0.347. The fourth-order valence-corrected chi connectivity index (χ4v) is 3.01. The number of thioether (sulfide) groups is 1. The van der Waals surface area contributed by atoms with Crippen LogP contribution in [0.3, 0.4) is 0 Å². The molecule has 5 heteroatoms. The second-order valence-electron chi connectivity index (χ2n) is 3.98. The minimum Gasteiger partial charge on any atom is -0.349 e. The van der Waals surface area contributed by atoms with Crippen LogP contribution in [0.2, 0.25) is 0 Å². The smallest absolute Gasteiger partial charge is 0.293 e. The number of para-hydroxylation sites is 2. The predicted octanol–water partition coefficient (Wildman–Crippen LogP) is 3.94. The number of nitro benzene ring substituents is 1. The first-order valence-electron chi connectivity index (χ1n) is 5.51. The lowest BCUT2D eigenvalue weighted by Crippen LogP contribution is -1.98. The van der Waals surface area contributed by atoms with Crippen molar-refractivity contribution in [3.63, 3.8) is 0 Å². The first kappa shape index (κ1) is 11.1.